The lowest BCUT2D eigenvalue weighted by molar-refractivity contribution is 0.00591. The van der Waals surface area contributed by atoms with E-state index in [-0.39, 0.29) is 5.91 Å². The molecule has 0 radical (unpaired) electrons. The van der Waals surface area contributed by atoms with Crippen molar-refractivity contribution in [2.75, 3.05) is 13.1 Å². The van der Waals surface area contributed by atoms with Crippen LogP contribution in [0.25, 0.3) is 22.0 Å². The third-order valence-electron chi connectivity index (χ3n) is 5.40. The second-order valence-electron chi connectivity index (χ2n) is 7.57. The first-order valence-corrected chi connectivity index (χ1v) is 9.59. The Morgan fingerprint density at radius 3 is 2.66 bits per heavy atom. The largest absolute Gasteiger partial charge is 0.389 e. The molecule has 1 fully saturated rings. The Hall–Kier alpha value is -3.45. The minimum atomic E-state index is -0.401. The first kappa shape index (κ1) is 17.6. The number of amides is 1. The molecule has 0 saturated carbocycles. The van der Waals surface area contributed by atoms with Gasteiger partial charge in [0.25, 0.3) is 5.91 Å². The standard InChI is InChI=1S/C22H21N5O2/c1-26-11-17(10-23-26)15-4-2-14(3-5-15)8-21-19-9-16(6-7-20(19)24-25-21)22(29)27-12-18(28)13-27/h2-7,9-11,18,28H,8,12-13H2,1H3,(H,24,25). The Morgan fingerprint density at radius 2 is 1.97 bits per heavy atom. The molecule has 4 aromatic rings. The summed E-state index contributed by atoms with van der Waals surface area (Å²) in [5.74, 6) is -0.0508. The molecule has 146 valence electrons. The van der Waals surface area contributed by atoms with E-state index in [0.29, 0.717) is 25.1 Å². The van der Waals surface area contributed by atoms with E-state index < -0.39 is 6.10 Å². The van der Waals surface area contributed by atoms with Crippen LogP contribution < -0.4 is 0 Å². The summed E-state index contributed by atoms with van der Waals surface area (Å²) in [6.07, 6.45) is 4.14. The van der Waals surface area contributed by atoms with Crippen LogP contribution in [0.3, 0.4) is 0 Å². The number of aromatic amines is 1. The summed E-state index contributed by atoms with van der Waals surface area (Å²) >= 11 is 0. The maximum absolute atomic E-state index is 12.6. The Kier molecular flexibility index (Phi) is 4.17. The van der Waals surface area contributed by atoms with Gasteiger partial charge in [0.05, 0.1) is 17.8 Å². The van der Waals surface area contributed by atoms with Gasteiger partial charge < -0.3 is 10.0 Å². The zero-order chi connectivity index (χ0) is 20.0. The Labute approximate surface area is 167 Å². The first-order valence-electron chi connectivity index (χ1n) is 9.59. The van der Waals surface area contributed by atoms with Gasteiger partial charge >= 0.3 is 0 Å². The average Bonchev–Trinajstić information content (AvgIpc) is 3.32. The van der Waals surface area contributed by atoms with Gasteiger partial charge in [0.1, 0.15) is 0 Å². The number of carbonyl (C=O) groups is 1. The van der Waals surface area contributed by atoms with Gasteiger partial charge in [-0.1, -0.05) is 24.3 Å². The number of nitrogens with zero attached hydrogens (tertiary/aromatic N) is 4. The molecule has 0 unspecified atom stereocenters. The summed E-state index contributed by atoms with van der Waals surface area (Å²) in [5.41, 5.74) is 5.82. The highest BCUT2D eigenvalue weighted by molar-refractivity contribution is 5.99. The number of hydrogen-bond donors (Lipinski definition) is 2. The third kappa shape index (κ3) is 3.30. The lowest BCUT2D eigenvalue weighted by Gasteiger charge is -2.35. The van der Waals surface area contributed by atoms with Crippen molar-refractivity contribution >= 4 is 16.8 Å². The smallest absolute Gasteiger partial charge is 0.254 e. The summed E-state index contributed by atoms with van der Waals surface area (Å²) in [5, 5.41) is 22.1. The Bertz CT molecular complexity index is 1190. The van der Waals surface area contributed by atoms with E-state index in [2.05, 4.69) is 39.6 Å². The molecule has 2 N–H and O–H groups in total. The number of aromatic nitrogens is 4. The molecule has 0 spiro atoms. The quantitative estimate of drug-likeness (QED) is 0.563. The van der Waals surface area contributed by atoms with Crippen molar-refractivity contribution in [2.45, 2.75) is 12.5 Å². The molecule has 7 nitrogen and oxygen atoms in total. The van der Waals surface area contributed by atoms with Crippen LogP contribution in [0, 0.1) is 0 Å². The fraction of sp³-hybridized carbons (Fsp3) is 0.227. The predicted octanol–water partition coefficient (Wildman–Crippen LogP) is 2.37. The molecule has 1 aliphatic heterocycles. The second kappa shape index (κ2) is 6.86. The van der Waals surface area contributed by atoms with Gasteiger partial charge in [0.15, 0.2) is 0 Å². The molecule has 3 heterocycles. The molecule has 2 aromatic heterocycles. The highest BCUT2D eigenvalue weighted by Crippen LogP contribution is 2.24. The van der Waals surface area contributed by atoms with Crippen LogP contribution in [0.4, 0.5) is 0 Å². The van der Waals surface area contributed by atoms with Crippen LogP contribution in [0.15, 0.2) is 54.9 Å². The maximum atomic E-state index is 12.6. The van der Waals surface area contributed by atoms with E-state index in [9.17, 15) is 9.90 Å². The number of H-pyrrole nitrogens is 1. The normalized spacial score (nSPS) is 14.3. The molecule has 7 heteroatoms. The highest BCUT2D eigenvalue weighted by Gasteiger charge is 2.29. The SMILES string of the molecule is Cn1cc(-c2ccc(Cc3[nH]nc4ccc(C(=O)N5CC(O)C5)cc34)cc2)cn1. The van der Waals surface area contributed by atoms with E-state index in [1.54, 1.807) is 15.6 Å². The highest BCUT2D eigenvalue weighted by atomic mass is 16.3. The maximum Gasteiger partial charge on any atom is 0.254 e. The Balaban J connectivity index is 1.38. The average molecular weight is 387 g/mol. The van der Waals surface area contributed by atoms with Crippen molar-refractivity contribution in [1.29, 1.82) is 0 Å². The zero-order valence-electron chi connectivity index (χ0n) is 16.0. The molecule has 1 saturated heterocycles. The fourth-order valence-corrected chi connectivity index (χ4v) is 3.72. The minimum absolute atomic E-state index is 0.0508. The number of aliphatic hydroxyl groups excluding tert-OH is 1. The van der Waals surface area contributed by atoms with Gasteiger partial charge in [-0.2, -0.15) is 10.2 Å². The number of β-amino-alcohol motifs (C(OH)–C–C–N with tert-alkyl or cyclic N) is 1. The molecule has 1 aliphatic rings. The van der Waals surface area contributed by atoms with Crippen LogP contribution >= 0.6 is 0 Å². The van der Waals surface area contributed by atoms with Gasteiger partial charge in [0, 0.05) is 55.0 Å². The summed E-state index contributed by atoms with van der Waals surface area (Å²) in [6, 6.07) is 13.9. The van der Waals surface area contributed by atoms with Crippen molar-refractivity contribution in [1.82, 2.24) is 24.9 Å². The van der Waals surface area contributed by atoms with Crippen molar-refractivity contribution in [3.63, 3.8) is 0 Å². The number of benzene rings is 2. The van der Waals surface area contributed by atoms with Crippen molar-refractivity contribution in [2.24, 2.45) is 7.05 Å². The molecule has 5 rings (SSSR count). The van der Waals surface area contributed by atoms with Crippen molar-refractivity contribution in [3.05, 3.63) is 71.7 Å². The van der Waals surface area contributed by atoms with Gasteiger partial charge in [-0.05, 0) is 29.3 Å². The van der Waals surface area contributed by atoms with Gasteiger partial charge in [-0.15, -0.1) is 0 Å². The van der Waals surface area contributed by atoms with Crippen LogP contribution in [0.1, 0.15) is 21.6 Å². The molecule has 0 aliphatic carbocycles. The number of aliphatic hydroxyl groups is 1. The summed E-state index contributed by atoms with van der Waals surface area (Å²) in [6.45, 7) is 0.802. The number of nitrogens with one attached hydrogen (secondary N) is 1. The van der Waals surface area contributed by atoms with E-state index in [4.69, 9.17) is 0 Å². The second-order valence-corrected chi connectivity index (χ2v) is 7.57. The lowest BCUT2D eigenvalue weighted by Crippen LogP contribution is -2.53. The molecule has 2 aromatic carbocycles. The third-order valence-corrected chi connectivity index (χ3v) is 5.40. The van der Waals surface area contributed by atoms with Gasteiger partial charge in [-0.25, -0.2) is 0 Å². The summed E-state index contributed by atoms with van der Waals surface area (Å²) < 4.78 is 1.79. The van der Waals surface area contributed by atoms with Crippen LogP contribution in [-0.2, 0) is 13.5 Å². The molecular weight excluding hydrogens is 366 g/mol. The molecular formula is C22H21N5O2. The summed E-state index contributed by atoms with van der Waals surface area (Å²) in [4.78, 5) is 14.2. The monoisotopic (exact) mass is 387 g/mol. The van der Waals surface area contributed by atoms with E-state index in [1.807, 2.05) is 31.6 Å². The number of fused-ring (bicyclic) bond motifs is 1. The number of carbonyl (C=O) groups excluding carboxylic acids is 1. The van der Waals surface area contributed by atoms with Gasteiger partial charge in [-0.3, -0.25) is 14.6 Å². The number of rotatable bonds is 4. The molecule has 1 amide bonds. The first-order chi connectivity index (χ1) is 14.1. The number of hydrogen-bond acceptors (Lipinski definition) is 4. The number of likely N-dealkylation sites (tertiary alicyclic amines) is 1. The summed E-state index contributed by atoms with van der Waals surface area (Å²) in [7, 11) is 1.91. The topological polar surface area (TPSA) is 87.0 Å². The van der Waals surface area contributed by atoms with Crippen molar-refractivity contribution in [3.8, 4) is 11.1 Å². The minimum Gasteiger partial charge on any atom is -0.389 e. The van der Waals surface area contributed by atoms with Crippen LogP contribution in [0.5, 0.6) is 0 Å². The Morgan fingerprint density at radius 1 is 1.17 bits per heavy atom. The zero-order valence-corrected chi connectivity index (χ0v) is 16.0. The fourth-order valence-electron chi connectivity index (χ4n) is 3.72. The molecule has 29 heavy (non-hydrogen) atoms. The molecule has 0 atom stereocenters. The van der Waals surface area contributed by atoms with E-state index in [1.165, 1.54) is 0 Å². The van der Waals surface area contributed by atoms with Crippen LogP contribution in [-0.4, -0.2) is 55.1 Å². The number of aryl methyl sites for hydroxylation is 1. The molecule has 0 bridgehead atoms. The van der Waals surface area contributed by atoms with Crippen molar-refractivity contribution < 1.29 is 9.90 Å². The van der Waals surface area contributed by atoms with E-state index >= 15 is 0 Å². The lowest BCUT2D eigenvalue weighted by atomic mass is 10.0. The van der Waals surface area contributed by atoms with E-state index in [0.717, 1.165) is 33.3 Å². The predicted molar refractivity (Wildman–Crippen MR) is 109 cm³/mol. The van der Waals surface area contributed by atoms with Crippen LogP contribution in [0.2, 0.25) is 0 Å². The van der Waals surface area contributed by atoms with Gasteiger partial charge in [0.2, 0.25) is 0 Å².